The van der Waals surface area contributed by atoms with Crippen LogP contribution < -0.4 is 9.47 Å². The van der Waals surface area contributed by atoms with Crippen LogP contribution in [0.4, 0.5) is 0 Å². The zero-order chi connectivity index (χ0) is 18.7. The van der Waals surface area contributed by atoms with Crippen LogP contribution in [0.2, 0.25) is 5.02 Å². The van der Waals surface area contributed by atoms with Crippen molar-refractivity contribution >= 4 is 11.6 Å². The van der Waals surface area contributed by atoms with Crippen LogP contribution in [0, 0.1) is 5.92 Å². The van der Waals surface area contributed by atoms with Crippen molar-refractivity contribution < 1.29 is 9.47 Å². The molecule has 3 atom stereocenters. The van der Waals surface area contributed by atoms with Gasteiger partial charge in [-0.3, -0.25) is 9.80 Å². The fourth-order valence-electron chi connectivity index (χ4n) is 5.98. The lowest BCUT2D eigenvalue weighted by Crippen LogP contribution is -2.59. The Morgan fingerprint density at radius 1 is 0.929 bits per heavy atom. The van der Waals surface area contributed by atoms with Crippen molar-refractivity contribution in [3.8, 4) is 11.5 Å². The summed E-state index contributed by atoms with van der Waals surface area (Å²) in [5, 5.41) is 0.809. The van der Waals surface area contributed by atoms with Gasteiger partial charge in [0, 0.05) is 36.1 Å². The van der Waals surface area contributed by atoms with Gasteiger partial charge in [-0.05, 0) is 67.2 Å². The number of hydrogen-bond donors (Lipinski definition) is 0. The summed E-state index contributed by atoms with van der Waals surface area (Å²) in [6, 6.07) is 16.2. The van der Waals surface area contributed by atoms with E-state index in [1.54, 1.807) is 0 Å². The molecule has 5 heteroatoms. The highest BCUT2D eigenvalue weighted by Crippen LogP contribution is 2.48. The molecular weight excluding hydrogens is 372 g/mol. The summed E-state index contributed by atoms with van der Waals surface area (Å²) in [6.45, 7) is 4.95. The first kappa shape index (κ1) is 17.1. The highest BCUT2D eigenvalue weighted by Gasteiger charge is 2.53. The minimum Gasteiger partial charge on any atom is -0.454 e. The number of fused-ring (bicyclic) bond motifs is 3. The van der Waals surface area contributed by atoms with E-state index in [0.717, 1.165) is 35.5 Å². The summed E-state index contributed by atoms with van der Waals surface area (Å²) in [7, 11) is 0. The average Bonchev–Trinajstić information content (AvgIpc) is 3.36. The molecule has 5 aliphatic rings. The molecule has 0 spiro atoms. The number of nitrogens with zero attached hydrogens (tertiary/aromatic N) is 2. The molecule has 0 N–H and O–H groups in total. The van der Waals surface area contributed by atoms with Crippen molar-refractivity contribution in [2.45, 2.75) is 37.4 Å². The number of halogens is 1. The third-order valence-corrected chi connectivity index (χ3v) is 7.47. The number of ether oxygens (including phenoxy) is 2. The van der Waals surface area contributed by atoms with E-state index in [4.69, 9.17) is 21.1 Å². The number of likely N-dealkylation sites (tertiary alicyclic amines) is 1. The van der Waals surface area contributed by atoms with E-state index in [2.05, 4.69) is 40.1 Å². The van der Waals surface area contributed by atoms with Gasteiger partial charge in [0.1, 0.15) is 0 Å². The Labute approximate surface area is 171 Å². The van der Waals surface area contributed by atoms with Crippen molar-refractivity contribution in [2.75, 3.05) is 26.4 Å². The van der Waals surface area contributed by atoms with E-state index in [-0.39, 0.29) is 0 Å². The summed E-state index contributed by atoms with van der Waals surface area (Å²) in [5.41, 5.74) is 2.75. The maximum Gasteiger partial charge on any atom is 0.231 e. The lowest BCUT2D eigenvalue weighted by molar-refractivity contribution is -0.00869. The van der Waals surface area contributed by atoms with Gasteiger partial charge < -0.3 is 9.47 Å². The van der Waals surface area contributed by atoms with Gasteiger partial charge in [-0.2, -0.15) is 0 Å². The second kappa shape index (κ2) is 6.65. The normalized spacial score (nSPS) is 33.2. The summed E-state index contributed by atoms with van der Waals surface area (Å²) in [6.07, 6.45) is 2.68. The first-order valence-corrected chi connectivity index (χ1v) is 10.8. The molecule has 4 saturated heterocycles. The minimum atomic E-state index is 0.340. The lowest BCUT2D eigenvalue weighted by Gasteiger charge is -2.51. The SMILES string of the molecule is Clc1ccc(CN2C[C@@H](c3ccc4c(c3)OCO4)[C@@H]3[C@H]2C2CCN3CC2)cc1. The van der Waals surface area contributed by atoms with Crippen molar-refractivity contribution in [2.24, 2.45) is 5.92 Å². The molecule has 0 amide bonds. The van der Waals surface area contributed by atoms with E-state index in [1.807, 2.05) is 12.1 Å². The first-order valence-electron chi connectivity index (χ1n) is 10.4. The van der Waals surface area contributed by atoms with Crippen LogP contribution in [-0.2, 0) is 6.54 Å². The molecule has 4 fully saturated rings. The predicted molar refractivity (Wildman–Crippen MR) is 109 cm³/mol. The largest absolute Gasteiger partial charge is 0.454 e. The Hall–Kier alpha value is -1.75. The molecule has 2 aromatic carbocycles. The van der Waals surface area contributed by atoms with Crippen LogP contribution >= 0.6 is 11.6 Å². The van der Waals surface area contributed by atoms with Crippen LogP contribution in [0.25, 0.3) is 0 Å². The number of rotatable bonds is 3. The lowest BCUT2D eigenvalue weighted by atomic mass is 9.75. The summed E-state index contributed by atoms with van der Waals surface area (Å²) in [4.78, 5) is 5.49. The van der Waals surface area contributed by atoms with Gasteiger partial charge in [-0.25, -0.2) is 0 Å². The quantitative estimate of drug-likeness (QED) is 0.778. The fraction of sp³-hybridized carbons (Fsp3) is 0.478. The average molecular weight is 397 g/mol. The summed E-state index contributed by atoms with van der Waals surface area (Å²) < 4.78 is 11.2. The van der Waals surface area contributed by atoms with E-state index in [0.29, 0.717) is 24.8 Å². The smallest absolute Gasteiger partial charge is 0.231 e. The van der Waals surface area contributed by atoms with Crippen molar-refractivity contribution in [3.05, 3.63) is 58.6 Å². The summed E-state index contributed by atoms with van der Waals surface area (Å²) >= 11 is 6.10. The Bertz CT molecular complexity index is 879. The highest BCUT2D eigenvalue weighted by molar-refractivity contribution is 6.30. The number of piperidine rings is 3. The molecule has 0 unspecified atom stereocenters. The minimum absolute atomic E-state index is 0.340. The Morgan fingerprint density at radius 2 is 1.71 bits per heavy atom. The van der Waals surface area contributed by atoms with E-state index in [1.165, 1.54) is 37.1 Å². The topological polar surface area (TPSA) is 24.9 Å². The predicted octanol–water partition coefficient (Wildman–Crippen LogP) is 4.13. The zero-order valence-electron chi connectivity index (χ0n) is 15.9. The van der Waals surface area contributed by atoms with Gasteiger partial charge in [-0.15, -0.1) is 0 Å². The Kier molecular flexibility index (Phi) is 4.07. The Balaban J connectivity index is 1.33. The van der Waals surface area contributed by atoms with Crippen molar-refractivity contribution in [3.63, 3.8) is 0 Å². The molecular formula is C23H25ClN2O2. The standard InChI is InChI=1S/C23H25ClN2O2/c24-18-4-1-15(2-5-18)12-26-13-19(17-3-6-20-21(11-17)28-14-27-20)23-22(26)16-7-9-25(23)10-8-16/h1-6,11,16,19,22-23H,7-10,12-14H2/t19-,22+,23+/m0/s1. The molecule has 0 radical (unpaired) electrons. The first-order chi connectivity index (χ1) is 13.8. The molecule has 4 nitrogen and oxygen atoms in total. The van der Waals surface area contributed by atoms with Crippen molar-refractivity contribution in [1.29, 1.82) is 0 Å². The fourth-order valence-corrected chi connectivity index (χ4v) is 6.11. The summed E-state index contributed by atoms with van der Waals surface area (Å²) in [5.74, 6) is 3.12. The van der Waals surface area contributed by atoms with E-state index in [9.17, 15) is 0 Å². The van der Waals surface area contributed by atoms with Gasteiger partial charge in [0.2, 0.25) is 6.79 Å². The van der Waals surface area contributed by atoms with Crippen LogP contribution in [0.15, 0.2) is 42.5 Å². The number of hydrogen-bond acceptors (Lipinski definition) is 4. The molecule has 0 aliphatic carbocycles. The molecule has 146 valence electrons. The Morgan fingerprint density at radius 3 is 2.54 bits per heavy atom. The van der Waals surface area contributed by atoms with Crippen LogP contribution in [0.5, 0.6) is 11.5 Å². The maximum absolute atomic E-state index is 6.10. The zero-order valence-corrected chi connectivity index (χ0v) is 16.6. The molecule has 7 rings (SSSR count). The molecule has 28 heavy (non-hydrogen) atoms. The maximum atomic E-state index is 6.10. The van der Waals surface area contributed by atoms with Gasteiger partial charge in [-0.1, -0.05) is 29.8 Å². The van der Waals surface area contributed by atoms with E-state index >= 15 is 0 Å². The molecule has 2 bridgehead atoms. The van der Waals surface area contributed by atoms with E-state index < -0.39 is 0 Å². The molecule has 5 aliphatic heterocycles. The number of benzene rings is 2. The highest BCUT2D eigenvalue weighted by atomic mass is 35.5. The van der Waals surface area contributed by atoms with Crippen LogP contribution in [0.1, 0.15) is 29.9 Å². The van der Waals surface area contributed by atoms with Gasteiger partial charge >= 0.3 is 0 Å². The van der Waals surface area contributed by atoms with Gasteiger partial charge in [0.25, 0.3) is 0 Å². The second-order valence-electron chi connectivity index (χ2n) is 8.63. The van der Waals surface area contributed by atoms with Crippen molar-refractivity contribution in [1.82, 2.24) is 9.80 Å². The third-order valence-electron chi connectivity index (χ3n) is 7.22. The molecule has 2 aromatic rings. The molecule has 0 aromatic heterocycles. The van der Waals surface area contributed by atoms with Crippen LogP contribution in [0.3, 0.4) is 0 Å². The molecule has 0 saturated carbocycles. The van der Waals surface area contributed by atoms with Gasteiger partial charge in [0.15, 0.2) is 11.5 Å². The monoisotopic (exact) mass is 396 g/mol. The second-order valence-corrected chi connectivity index (χ2v) is 9.07. The van der Waals surface area contributed by atoms with Gasteiger partial charge in [0.05, 0.1) is 0 Å². The third kappa shape index (κ3) is 2.73. The van der Waals surface area contributed by atoms with Crippen LogP contribution in [-0.4, -0.2) is 48.3 Å². The molecule has 5 heterocycles.